The van der Waals surface area contributed by atoms with Crippen molar-refractivity contribution in [2.75, 3.05) is 16.6 Å². The number of hydrogen-bond acceptors (Lipinski definition) is 6. The summed E-state index contributed by atoms with van der Waals surface area (Å²) in [5.41, 5.74) is 0.513. The number of nitrogens with one attached hydrogen (secondary N) is 2. The molecule has 2 aromatic carbocycles. The van der Waals surface area contributed by atoms with Gasteiger partial charge >= 0.3 is 0 Å². The molecule has 0 radical (unpaired) electrons. The number of anilines is 2. The second-order valence-corrected chi connectivity index (χ2v) is 8.94. The van der Waals surface area contributed by atoms with Gasteiger partial charge in [-0.25, -0.2) is 13.4 Å². The van der Waals surface area contributed by atoms with Crippen molar-refractivity contribution in [3.63, 3.8) is 0 Å². The largest absolute Gasteiger partial charge is 0.494 e. The number of ether oxygens (including phenoxy) is 1. The van der Waals surface area contributed by atoms with Crippen LogP contribution in [0.5, 0.6) is 5.75 Å². The quantitative estimate of drug-likeness (QED) is 0.470. The van der Waals surface area contributed by atoms with Crippen LogP contribution in [-0.2, 0) is 14.8 Å². The van der Waals surface area contributed by atoms with Gasteiger partial charge in [0, 0.05) is 28.7 Å². The van der Waals surface area contributed by atoms with E-state index >= 15 is 0 Å². The van der Waals surface area contributed by atoms with Gasteiger partial charge in [-0.3, -0.25) is 9.52 Å². The molecule has 1 aromatic heterocycles. The van der Waals surface area contributed by atoms with Crippen LogP contribution >= 0.6 is 22.9 Å². The lowest BCUT2D eigenvalue weighted by molar-refractivity contribution is -0.116. The van der Waals surface area contributed by atoms with E-state index in [2.05, 4.69) is 15.0 Å². The van der Waals surface area contributed by atoms with Crippen LogP contribution in [0.15, 0.2) is 65.0 Å². The van der Waals surface area contributed by atoms with E-state index in [9.17, 15) is 13.2 Å². The highest BCUT2D eigenvalue weighted by Gasteiger charge is 2.15. The second kappa shape index (κ2) is 9.73. The smallest absolute Gasteiger partial charge is 0.263 e. The highest BCUT2D eigenvalue weighted by molar-refractivity contribution is 7.93. The summed E-state index contributed by atoms with van der Waals surface area (Å²) in [7, 11) is -3.72. The standard InChI is InChI=1S/C19H18ClN3O4S2/c20-14-3-1-4-16(13-14)27-11-2-5-18(24)22-15-6-8-17(9-7-15)29(25,26)23-19-21-10-12-28-19/h1,3-4,6-10,12-13H,2,5,11H2,(H,21,23)(H,22,24). The maximum atomic E-state index is 12.3. The molecule has 0 aliphatic carbocycles. The first kappa shape index (κ1) is 21.1. The third-order valence-electron chi connectivity index (χ3n) is 3.72. The van der Waals surface area contributed by atoms with Gasteiger partial charge in [-0.05, 0) is 48.9 Å². The molecular weight excluding hydrogens is 434 g/mol. The lowest BCUT2D eigenvalue weighted by atomic mass is 10.2. The summed E-state index contributed by atoms with van der Waals surface area (Å²) in [6, 6.07) is 13.0. The first-order valence-electron chi connectivity index (χ1n) is 8.63. The van der Waals surface area contributed by atoms with E-state index in [1.807, 2.05) is 0 Å². The molecule has 0 aliphatic heterocycles. The Morgan fingerprint density at radius 3 is 2.66 bits per heavy atom. The van der Waals surface area contributed by atoms with Gasteiger partial charge in [-0.2, -0.15) is 0 Å². The molecule has 152 valence electrons. The van der Waals surface area contributed by atoms with Crippen LogP contribution in [0.2, 0.25) is 5.02 Å². The minimum Gasteiger partial charge on any atom is -0.494 e. The molecule has 3 rings (SSSR count). The monoisotopic (exact) mass is 451 g/mol. The summed E-state index contributed by atoms with van der Waals surface area (Å²) in [4.78, 5) is 16.0. The lowest BCUT2D eigenvalue weighted by Crippen LogP contribution is -2.14. The van der Waals surface area contributed by atoms with E-state index in [4.69, 9.17) is 16.3 Å². The molecule has 10 heteroatoms. The number of halogens is 1. The van der Waals surface area contributed by atoms with Gasteiger partial charge in [-0.1, -0.05) is 17.7 Å². The molecule has 0 atom stereocenters. The van der Waals surface area contributed by atoms with Crippen LogP contribution in [-0.4, -0.2) is 25.9 Å². The summed E-state index contributed by atoms with van der Waals surface area (Å²) in [5, 5.41) is 5.29. The van der Waals surface area contributed by atoms with Crippen molar-refractivity contribution >= 4 is 49.7 Å². The summed E-state index contributed by atoms with van der Waals surface area (Å²) in [5.74, 6) is 0.470. The zero-order valence-corrected chi connectivity index (χ0v) is 17.6. The molecule has 7 nitrogen and oxygen atoms in total. The molecule has 1 amide bonds. The normalized spacial score (nSPS) is 11.1. The number of nitrogens with zero attached hydrogens (tertiary/aromatic N) is 1. The lowest BCUT2D eigenvalue weighted by Gasteiger charge is -2.09. The number of hydrogen-bond donors (Lipinski definition) is 2. The summed E-state index contributed by atoms with van der Waals surface area (Å²) < 4.78 is 32.5. The van der Waals surface area contributed by atoms with Gasteiger partial charge in [0.15, 0.2) is 5.13 Å². The van der Waals surface area contributed by atoms with Crippen molar-refractivity contribution in [2.24, 2.45) is 0 Å². The number of sulfonamides is 1. The molecule has 3 aromatic rings. The van der Waals surface area contributed by atoms with Gasteiger partial charge in [-0.15, -0.1) is 11.3 Å². The van der Waals surface area contributed by atoms with Crippen LogP contribution in [0.25, 0.3) is 0 Å². The Hall–Kier alpha value is -2.62. The predicted octanol–water partition coefficient (Wildman–Crippen LogP) is 4.40. The predicted molar refractivity (Wildman–Crippen MR) is 114 cm³/mol. The van der Waals surface area contributed by atoms with Gasteiger partial charge in [0.1, 0.15) is 5.75 Å². The SMILES string of the molecule is O=C(CCCOc1cccc(Cl)c1)Nc1ccc(S(=O)(=O)Nc2nccs2)cc1. The molecule has 0 saturated carbocycles. The van der Waals surface area contributed by atoms with Crippen molar-refractivity contribution in [3.8, 4) is 5.75 Å². The van der Waals surface area contributed by atoms with Gasteiger partial charge < -0.3 is 10.1 Å². The Kier molecular flexibility index (Phi) is 7.08. The fraction of sp³-hybridized carbons (Fsp3) is 0.158. The first-order chi connectivity index (χ1) is 13.9. The third kappa shape index (κ3) is 6.45. The Morgan fingerprint density at radius 1 is 1.17 bits per heavy atom. The Morgan fingerprint density at radius 2 is 1.97 bits per heavy atom. The topological polar surface area (TPSA) is 97.4 Å². The molecule has 0 aliphatic rings. The maximum absolute atomic E-state index is 12.3. The van der Waals surface area contributed by atoms with Gasteiger partial charge in [0.2, 0.25) is 5.91 Å². The molecule has 29 heavy (non-hydrogen) atoms. The first-order valence-corrected chi connectivity index (χ1v) is 11.4. The minimum atomic E-state index is -3.72. The zero-order chi connectivity index (χ0) is 20.7. The number of amides is 1. The molecule has 0 saturated heterocycles. The van der Waals surface area contributed by atoms with Gasteiger partial charge in [0.25, 0.3) is 10.0 Å². The molecule has 0 fully saturated rings. The van der Waals surface area contributed by atoms with E-state index in [0.29, 0.717) is 34.6 Å². The second-order valence-electron chi connectivity index (χ2n) is 5.92. The van der Waals surface area contributed by atoms with Crippen LogP contribution in [0.4, 0.5) is 10.8 Å². The van der Waals surface area contributed by atoms with E-state index in [0.717, 1.165) is 0 Å². The van der Waals surface area contributed by atoms with Gasteiger partial charge in [0.05, 0.1) is 11.5 Å². The molecule has 1 heterocycles. The number of aromatic nitrogens is 1. The van der Waals surface area contributed by atoms with E-state index in [1.54, 1.807) is 29.6 Å². The number of carbonyl (C=O) groups excluding carboxylic acids is 1. The Balaban J connectivity index is 1.46. The van der Waals surface area contributed by atoms with Crippen molar-refractivity contribution in [2.45, 2.75) is 17.7 Å². The van der Waals surface area contributed by atoms with Crippen molar-refractivity contribution in [3.05, 3.63) is 65.1 Å². The van der Waals surface area contributed by atoms with Crippen molar-refractivity contribution in [1.82, 2.24) is 4.98 Å². The highest BCUT2D eigenvalue weighted by Crippen LogP contribution is 2.20. The average Bonchev–Trinajstić information content (AvgIpc) is 3.18. The summed E-state index contributed by atoms with van der Waals surface area (Å²) in [6.45, 7) is 0.382. The van der Waals surface area contributed by atoms with Crippen LogP contribution in [0.3, 0.4) is 0 Å². The summed E-state index contributed by atoms with van der Waals surface area (Å²) in [6.07, 6.45) is 2.32. The molecular formula is C19H18ClN3O4S2. The van der Waals surface area contributed by atoms with E-state index in [1.165, 1.54) is 41.8 Å². The maximum Gasteiger partial charge on any atom is 0.263 e. The van der Waals surface area contributed by atoms with Crippen molar-refractivity contribution < 1.29 is 17.9 Å². The highest BCUT2D eigenvalue weighted by atomic mass is 35.5. The van der Waals surface area contributed by atoms with Crippen LogP contribution in [0.1, 0.15) is 12.8 Å². The Bertz CT molecular complexity index is 1060. The fourth-order valence-electron chi connectivity index (χ4n) is 2.37. The molecule has 2 N–H and O–H groups in total. The number of carbonyl (C=O) groups is 1. The molecule has 0 unspecified atom stereocenters. The van der Waals surface area contributed by atoms with E-state index in [-0.39, 0.29) is 17.2 Å². The van der Waals surface area contributed by atoms with Crippen LogP contribution in [0, 0.1) is 0 Å². The fourth-order valence-corrected chi connectivity index (χ4v) is 4.34. The van der Waals surface area contributed by atoms with Crippen molar-refractivity contribution in [1.29, 1.82) is 0 Å². The average molecular weight is 452 g/mol. The van der Waals surface area contributed by atoms with E-state index < -0.39 is 10.0 Å². The third-order valence-corrected chi connectivity index (χ3v) is 6.12. The van der Waals surface area contributed by atoms with Crippen LogP contribution < -0.4 is 14.8 Å². The number of thiazole rings is 1. The number of benzene rings is 2. The zero-order valence-electron chi connectivity index (χ0n) is 15.2. The molecule has 0 bridgehead atoms. The number of rotatable bonds is 9. The minimum absolute atomic E-state index is 0.0839. The Labute approximate surface area is 177 Å². The molecule has 0 spiro atoms. The summed E-state index contributed by atoms with van der Waals surface area (Å²) >= 11 is 7.07.